The van der Waals surface area contributed by atoms with E-state index in [1.807, 2.05) is 60.7 Å². The molecule has 0 radical (unpaired) electrons. The van der Waals surface area contributed by atoms with E-state index in [-0.39, 0.29) is 5.78 Å². The molecule has 2 atom stereocenters. The summed E-state index contributed by atoms with van der Waals surface area (Å²) in [6, 6.07) is 22.0. The number of hydrogen-bond acceptors (Lipinski definition) is 3. The number of nitrogens with zero attached hydrogens (tertiary/aromatic N) is 2. The van der Waals surface area contributed by atoms with Crippen LogP contribution in [0.2, 0.25) is 0 Å². The van der Waals surface area contributed by atoms with Gasteiger partial charge in [0.2, 0.25) is 0 Å². The SMILES string of the molecule is O=C(C(Br)c1ccccc1-c1ccc[n+]([O-])c1)C(Br)c1ccccc1-c1ccc[n+]([O-])c1. The van der Waals surface area contributed by atoms with Crippen LogP contribution in [0.1, 0.15) is 20.8 Å². The molecular weight excluding hydrogens is 536 g/mol. The molecule has 2 heterocycles. The van der Waals surface area contributed by atoms with Crippen molar-refractivity contribution in [2.45, 2.75) is 9.65 Å². The lowest BCUT2D eigenvalue weighted by atomic mass is 9.92. The summed E-state index contributed by atoms with van der Waals surface area (Å²) < 4.78 is 1.48. The molecule has 0 bridgehead atoms. The number of carbonyl (C=O) groups is 1. The van der Waals surface area contributed by atoms with E-state index >= 15 is 0 Å². The van der Waals surface area contributed by atoms with Crippen LogP contribution in [0.25, 0.3) is 22.3 Å². The predicted molar refractivity (Wildman–Crippen MR) is 130 cm³/mol. The van der Waals surface area contributed by atoms with Crippen molar-refractivity contribution in [3.8, 4) is 22.3 Å². The van der Waals surface area contributed by atoms with Gasteiger partial charge >= 0.3 is 0 Å². The second-order valence-electron chi connectivity index (χ2n) is 7.21. The van der Waals surface area contributed by atoms with E-state index in [1.54, 1.807) is 12.1 Å². The van der Waals surface area contributed by atoms with Gasteiger partial charge in [-0.25, -0.2) is 0 Å². The average molecular weight is 554 g/mol. The number of aromatic nitrogens is 2. The molecule has 0 aliphatic heterocycles. The highest BCUT2D eigenvalue weighted by Crippen LogP contribution is 2.41. The Bertz CT molecular complexity index is 1180. The van der Waals surface area contributed by atoms with Gasteiger partial charge in [0.15, 0.2) is 30.6 Å². The van der Waals surface area contributed by atoms with E-state index < -0.39 is 9.65 Å². The van der Waals surface area contributed by atoms with Crippen LogP contribution in [0.15, 0.2) is 97.6 Å². The van der Waals surface area contributed by atoms with E-state index in [9.17, 15) is 15.2 Å². The minimum absolute atomic E-state index is 0.0956. The highest BCUT2D eigenvalue weighted by atomic mass is 79.9. The van der Waals surface area contributed by atoms with Crippen LogP contribution in [-0.4, -0.2) is 5.78 Å². The minimum Gasteiger partial charge on any atom is -0.619 e. The summed E-state index contributed by atoms with van der Waals surface area (Å²) in [7, 11) is 0. The number of halogens is 2. The Hall–Kier alpha value is -3.03. The number of hydrogen-bond donors (Lipinski definition) is 0. The monoisotopic (exact) mass is 552 g/mol. The molecule has 4 aromatic rings. The fourth-order valence-electron chi connectivity index (χ4n) is 3.62. The Morgan fingerprint density at radius 3 is 1.47 bits per heavy atom. The molecular formula is C25H18Br2N2O3. The zero-order valence-corrected chi connectivity index (χ0v) is 19.9. The highest BCUT2D eigenvalue weighted by Gasteiger charge is 2.29. The van der Waals surface area contributed by atoms with Crippen molar-refractivity contribution < 1.29 is 14.3 Å². The van der Waals surface area contributed by atoms with Crippen molar-refractivity contribution in [3.05, 3.63) is 119 Å². The molecule has 0 fully saturated rings. The van der Waals surface area contributed by atoms with Gasteiger partial charge in [0.1, 0.15) is 9.65 Å². The van der Waals surface area contributed by atoms with Crippen molar-refractivity contribution >= 4 is 37.6 Å². The summed E-state index contributed by atoms with van der Waals surface area (Å²) in [5.41, 5.74) is 4.59. The molecule has 0 spiro atoms. The van der Waals surface area contributed by atoms with Crippen LogP contribution < -0.4 is 9.46 Å². The maximum atomic E-state index is 13.5. The van der Waals surface area contributed by atoms with Crippen molar-refractivity contribution in [1.82, 2.24) is 0 Å². The first-order valence-corrected chi connectivity index (χ1v) is 11.7. The molecule has 7 heteroatoms. The van der Waals surface area contributed by atoms with Crippen LogP contribution in [0, 0.1) is 10.4 Å². The molecule has 5 nitrogen and oxygen atoms in total. The van der Waals surface area contributed by atoms with Gasteiger partial charge in [-0.3, -0.25) is 4.79 Å². The Kier molecular flexibility index (Phi) is 6.67. The first-order valence-electron chi connectivity index (χ1n) is 9.84. The van der Waals surface area contributed by atoms with Crippen molar-refractivity contribution in [2.75, 3.05) is 0 Å². The van der Waals surface area contributed by atoms with Gasteiger partial charge in [-0.05, 0) is 34.4 Å². The van der Waals surface area contributed by atoms with E-state index in [2.05, 4.69) is 31.9 Å². The maximum absolute atomic E-state index is 13.5. The number of ketones is 1. The minimum atomic E-state index is -0.614. The number of benzene rings is 2. The molecule has 4 rings (SSSR count). The third-order valence-electron chi connectivity index (χ3n) is 5.14. The third-order valence-corrected chi connectivity index (χ3v) is 7.03. The Morgan fingerprint density at radius 1 is 0.656 bits per heavy atom. The van der Waals surface area contributed by atoms with Crippen LogP contribution in [-0.2, 0) is 4.79 Å². The van der Waals surface area contributed by atoms with E-state index in [0.29, 0.717) is 0 Å². The number of Topliss-reactive ketones (excluding diaryl/α,β-unsaturated/α-hetero) is 1. The lowest BCUT2D eigenvalue weighted by Gasteiger charge is -2.19. The Morgan fingerprint density at radius 2 is 1.06 bits per heavy atom. The second-order valence-corrected chi connectivity index (χ2v) is 9.04. The molecule has 32 heavy (non-hydrogen) atoms. The van der Waals surface area contributed by atoms with Gasteiger partial charge in [0, 0.05) is 23.3 Å². The van der Waals surface area contributed by atoms with Gasteiger partial charge in [-0.15, -0.1) is 0 Å². The van der Waals surface area contributed by atoms with Crippen LogP contribution in [0.5, 0.6) is 0 Å². The van der Waals surface area contributed by atoms with Crippen LogP contribution in [0.3, 0.4) is 0 Å². The fourth-order valence-corrected chi connectivity index (χ4v) is 5.31. The number of rotatable bonds is 6. The zero-order valence-electron chi connectivity index (χ0n) is 16.8. The lowest BCUT2D eigenvalue weighted by molar-refractivity contribution is -0.605. The first-order chi connectivity index (χ1) is 15.5. The highest BCUT2D eigenvalue weighted by molar-refractivity contribution is 9.10. The quantitative estimate of drug-likeness (QED) is 0.182. The molecule has 0 amide bonds. The molecule has 2 aromatic carbocycles. The van der Waals surface area contributed by atoms with Crippen LogP contribution >= 0.6 is 31.9 Å². The van der Waals surface area contributed by atoms with Gasteiger partial charge in [-0.2, -0.15) is 9.46 Å². The van der Waals surface area contributed by atoms with Gasteiger partial charge < -0.3 is 10.4 Å². The molecule has 2 unspecified atom stereocenters. The topological polar surface area (TPSA) is 71.0 Å². The summed E-state index contributed by atoms with van der Waals surface area (Å²) in [5, 5.41) is 23.5. The largest absolute Gasteiger partial charge is 0.619 e. The standard InChI is InChI=1S/C25H18Br2N2O3/c26-23(21-11-3-1-9-19(21)17-7-5-13-28(31)15-17)25(30)24(27)22-12-4-2-10-20(22)18-8-6-14-29(32)16-18/h1-16,23-24H. The Balaban J connectivity index is 1.70. The van der Waals surface area contributed by atoms with E-state index in [4.69, 9.17) is 0 Å². The molecule has 0 N–H and O–H groups in total. The maximum Gasteiger partial charge on any atom is 0.188 e. The number of carbonyl (C=O) groups excluding carboxylic acids is 1. The van der Waals surface area contributed by atoms with Crippen molar-refractivity contribution in [2.24, 2.45) is 0 Å². The molecule has 160 valence electrons. The summed E-state index contributed by atoms with van der Waals surface area (Å²) in [5.74, 6) is -0.0956. The van der Waals surface area contributed by atoms with Crippen molar-refractivity contribution in [3.63, 3.8) is 0 Å². The molecule has 0 saturated heterocycles. The summed E-state index contributed by atoms with van der Waals surface area (Å²) >= 11 is 7.18. The molecule has 2 aromatic heterocycles. The summed E-state index contributed by atoms with van der Waals surface area (Å²) in [4.78, 5) is 12.3. The van der Waals surface area contributed by atoms with Gasteiger partial charge in [0.05, 0.1) is 0 Å². The third kappa shape index (κ3) is 4.59. The summed E-state index contributed by atoms with van der Waals surface area (Å²) in [6.45, 7) is 0. The number of alkyl halides is 2. The molecule has 0 aliphatic carbocycles. The van der Waals surface area contributed by atoms with Crippen molar-refractivity contribution in [1.29, 1.82) is 0 Å². The summed E-state index contributed by atoms with van der Waals surface area (Å²) in [6.07, 6.45) is 5.81. The lowest BCUT2D eigenvalue weighted by Crippen LogP contribution is -2.24. The van der Waals surface area contributed by atoms with Crippen LogP contribution in [0.4, 0.5) is 0 Å². The molecule has 0 aliphatic rings. The smallest absolute Gasteiger partial charge is 0.188 e. The average Bonchev–Trinajstić information content (AvgIpc) is 2.82. The van der Waals surface area contributed by atoms with E-state index in [0.717, 1.165) is 42.8 Å². The predicted octanol–water partition coefficient (Wildman–Crippen LogP) is 5.43. The van der Waals surface area contributed by atoms with E-state index in [1.165, 1.54) is 24.8 Å². The fraction of sp³-hybridized carbons (Fsp3) is 0.0800. The van der Waals surface area contributed by atoms with Gasteiger partial charge in [0.25, 0.3) is 0 Å². The molecule has 0 saturated carbocycles. The normalized spacial score (nSPS) is 12.8. The second kappa shape index (κ2) is 9.63. The van der Waals surface area contributed by atoms with Gasteiger partial charge in [-0.1, -0.05) is 80.4 Å². The first kappa shape index (κ1) is 22.2. The Labute approximate surface area is 202 Å². The number of pyridine rings is 2. The zero-order chi connectivity index (χ0) is 22.7.